The number of hydrogen-bond acceptors (Lipinski definition) is 6. The molecule has 0 saturated heterocycles. The first kappa shape index (κ1) is 18.2. The molecule has 0 aliphatic heterocycles. The number of nitrogens with two attached hydrogens (primary N) is 1. The van der Waals surface area contributed by atoms with Crippen molar-refractivity contribution in [3.8, 4) is 5.75 Å². The Bertz CT molecular complexity index is 753. The minimum Gasteiger partial charge on any atom is -0.495 e. The molecule has 0 fully saturated rings. The highest BCUT2D eigenvalue weighted by Gasteiger charge is 2.38. The third-order valence-corrected chi connectivity index (χ3v) is 3.92. The zero-order valence-electron chi connectivity index (χ0n) is 12.1. The molecule has 0 atom stereocenters. The van der Waals surface area contributed by atoms with Crippen LogP contribution in [0.5, 0.6) is 5.75 Å². The number of halogens is 4. The second-order valence-corrected chi connectivity index (χ2v) is 5.71. The summed E-state index contributed by atoms with van der Waals surface area (Å²) in [6, 6.07) is 4.62. The zero-order chi connectivity index (χ0) is 17.9. The van der Waals surface area contributed by atoms with Gasteiger partial charge in [0.2, 0.25) is 11.1 Å². The van der Waals surface area contributed by atoms with E-state index in [1.54, 1.807) is 12.1 Å². The first-order valence-corrected chi connectivity index (χ1v) is 7.62. The minimum atomic E-state index is -4.72. The highest BCUT2D eigenvalue weighted by Crippen LogP contribution is 2.29. The van der Waals surface area contributed by atoms with Gasteiger partial charge in [-0.1, -0.05) is 23.4 Å². The molecule has 1 aromatic carbocycles. The number of alkyl halides is 3. The van der Waals surface area contributed by atoms with E-state index in [2.05, 4.69) is 15.5 Å². The maximum absolute atomic E-state index is 12.5. The normalized spacial score (nSPS) is 11.4. The number of nitrogen functional groups attached to an aromatic ring is 1. The first-order chi connectivity index (χ1) is 11.2. The van der Waals surface area contributed by atoms with Crippen LogP contribution in [0.15, 0.2) is 23.4 Å². The van der Waals surface area contributed by atoms with Gasteiger partial charge in [0.05, 0.1) is 17.9 Å². The lowest BCUT2D eigenvalue weighted by atomic mass is 10.3. The number of benzene rings is 1. The van der Waals surface area contributed by atoms with E-state index >= 15 is 0 Å². The molecule has 130 valence electrons. The van der Waals surface area contributed by atoms with Crippen LogP contribution < -0.4 is 15.9 Å². The quantitative estimate of drug-likeness (QED) is 0.610. The number of ether oxygens (including phenoxy) is 1. The summed E-state index contributed by atoms with van der Waals surface area (Å²) < 4.78 is 42.9. The van der Waals surface area contributed by atoms with E-state index in [9.17, 15) is 18.0 Å². The SMILES string of the molecule is COc1ccc(NC(=O)CSc2nnc(C(F)(F)F)n2N)cc1Cl. The smallest absolute Gasteiger partial charge is 0.453 e. The van der Waals surface area contributed by atoms with E-state index < -0.39 is 17.9 Å². The number of methoxy groups -OCH3 is 1. The fourth-order valence-electron chi connectivity index (χ4n) is 1.64. The number of anilines is 1. The van der Waals surface area contributed by atoms with Crippen molar-refractivity contribution in [2.75, 3.05) is 24.0 Å². The van der Waals surface area contributed by atoms with Gasteiger partial charge >= 0.3 is 6.18 Å². The van der Waals surface area contributed by atoms with Crippen LogP contribution in [0.2, 0.25) is 5.02 Å². The Balaban J connectivity index is 1.97. The molecule has 0 radical (unpaired) electrons. The van der Waals surface area contributed by atoms with Crippen molar-refractivity contribution >= 4 is 35.0 Å². The van der Waals surface area contributed by atoms with E-state index in [-0.39, 0.29) is 10.9 Å². The molecule has 1 amide bonds. The summed E-state index contributed by atoms with van der Waals surface area (Å²) in [5, 5.41) is 8.88. The lowest BCUT2D eigenvalue weighted by molar-refractivity contribution is -0.146. The van der Waals surface area contributed by atoms with Crippen LogP contribution in [0.4, 0.5) is 18.9 Å². The summed E-state index contributed by atoms with van der Waals surface area (Å²) >= 11 is 6.64. The molecule has 0 spiro atoms. The van der Waals surface area contributed by atoms with E-state index in [0.717, 1.165) is 11.8 Å². The summed E-state index contributed by atoms with van der Waals surface area (Å²) in [6.45, 7) is 0. The topological polar surface area (TPSA) is 95.1 Å². The van der Waals surface area contributed by atoms with Crippen molar-refractivity contribution < 1.29 is 22.7 Å². The Hall–Kier alpha value is -2.14. The van der Waals surface area contributed by atoms with E-state index in [1.165, 1.54) is 13.2 Å². The molecule has 0 saturated carbocycles. The van der Waals surface area contributed by atoms with Crippen molar-refractivity contribution in [3.63, 3.8) is 0 Å². The fourth-order valence-corrected chi connectivity index (χ4v) is 2.55. The molecule has 12 heteroatoms. The molecular formula is C12H11ClF3N5O2S. The third kappa shape index (κ3) is 4.23. The monoisotopic (exact) mass is 381 g/mol. The van der Waals surface area contributed by atoms with Crippen molar-refractivity contribution in [3.05, 3.63) is 29.0 Å². The van der Waals surface area contributed by atoms with Crippen LogP contribution in [0.3, 0.4) is 0 Å². The number of rotatable bonds is 5. The van der Waals surface area contributed by atoms with Crippen LogP contribution in [-0.4, -0.2) is 33.6 Å². The molecule has 1 aromatic heterocycles. The van der Waals surface area contributed by atoms with Gasteiger partial charge < -0.3 is 15.9 Å². The van der Waals surface area contributed by atoms with Crippen LogP contribution >= 0.6 is 23.4 Å². The summed E-state index contributed by atoms with van der Waals surface area (Å²) in [5.41, 5.74) is 0.414. The molecule has 24 heavy (non-hydrogen) atoms. The minimum absolute atomic E-state index is 0.211. The summed E-state index contributed by atoms with van der Waals surface area (Å²) in [5.74, 6) is 3.69. The second-order valence-electron chi connectivity index (χ2n) is 4.36. The van der Waals surface area contributed by atoms with Crippen LogP contribution in [0.25, 0.3) is 0 Å². The highest BCUT2D eigenvalue weighted by molar-refractivity contribution is 7.99. The van der Waals surface area contributed by atoms with Crippen LogP contribution in [0.1, 0.15) is 5.82 Å². The largest absolute Gasteiger partial charge is 0.495 e. The second kappa shape index (κ2) is 7.18. The predicted molar refractivity (Wildman–Crippen MR) is 82.5 cm³/mol. The lowest BCUT2D eigenvalue weighted by Gasteiger charge is -2.08. The number of amides is 1. The first-order valence-electron chi connectivity index (χ1n) is 6.26. The van der Waals surface area contributed by atoms with Gasteiger partial charge in [-0.2, -0.15) is 13.2 Å². The third-order valence-electron chi connectivity index (χ3n) is 2.69. The number of nitrogens with one attached hydrogen (secondary N) is 1. The van der Waals surface area contributed by atoms with Gasteiger partial charge in [-0.3, -0.25) is 4.79 Å². The Morgan fingerprint density at radius 1 is 1.46 bits per heavy atom. The molecule has 0 unspecified atom stereocenters. The van der Waals surface area contributed by atoms with Gasteiger partial charge in [0.15, 0.2) is 0 Å². The van der Waals surface area contributed by atoms with Gasteiger partial charge in [0, 0.05) is 5.69 Å². The van der Waals surface area contributed by atoms with Gasteiger partial charge in [0.1, 0.15) is 5.75 Å². The number of hydrogen-bond donors (Lipinski definition) is 2. The molecule has 0 aliphatic carbocycles. The Morgan fingerprint density at radius 3 is 2.71 bits per heavy atom. The Labute approximate surface area is 143 Å². The van der Waals surface area contributed by atoms with Gasteiger partial charge in [-0.15, -0.1) is 10.2 Å². The Morgan fingerprint density at radius 2 is 2.17 bits per heavy atom. The van der Waals surface area contributed by atoms with Crippen molar-refractivity contribution in [2.45, 2.75) is 11.3 Å². The van der Waals surface area contributed by atoms with E-state index in [0.29, 0.717) is 21.1 Å². The molecule has 7 nitrogen and oxygen atoms in total. The molecule has 0 bridgehead atoms. The van der Waals surface area contributed by atoms with Crippen LogP contribution in [-0.2, 0) is 11.0 Å². The maximum Gasteiger partial charge on any atom is 0.453 e. The number of aromatic nitrogens is 3. The number of carbonyl (C=O) groups is 1. The molecule has 2 rings (SSSR count). The van der Waals surface area contributed by atoms with Crippen molar-refractivity contribution in [1.82, 2.24) is 14.9 Å². The molecule has 3 N–H and O–H groups in total. The average Bonchev–Trinajstić information content (AvgIpc) is 2.86. The predicted octanol–water partition coefficient (Wildman–Crippen LogP) is 2.40. The highest BCUT2D eigenvalue weighted by atomic mass is 35.5. The summed E-state index contributed by atoms with van der Waals surface area (Å²) in [4.78, 5) is 11.8. The molecule has 0 aliphatic rings. The summed E-state index contributed by atoms with van der Waals surface area (Å²) in [6.07, 6.45) is -4.72. The number of thioether (sulfide) groups is 1. The maximum atomic E-state index is 12.5. The van der Waals surface area contributed by atoms with E-state index in [1.807, 2.05) is 0 Å². The van der Waals surface area contributed by atoms with Gasteiger partial charge in [0.25, 0.3) is 5.82 Å². The molecular weight excluding hydrogens is 371 g/mol. The van der Waals surface area contributed by atoms with Crippen molar-refractivity contribution in [2.24, 2.45) is 0 Å². The number of carbonyl (C=O) groups excluding carboxylic acids is 1. The summed E-state index contributed by atoms with van der Waals surface area (Å²) in [7, 11) is 1.45. The zero-order valence-corrected chi connectivity index (χ0v) is 13.7. The van der Waals surface area contributed by atoms with Gasteiger partial charge in [-0.25, -0.2) is 4.68 Å². The fraction of sp³-hybridized carbons (Fsp3) is 0.250. The van der Waals surface area contributed by atoms with Crippen molar-refractivity contribution in [1.29, 1.82) is 0 Å². The van der Waals surface area contributed by atoms with Gasteiger partial charge in [-0.05, 0) is 18.2 Å². The average molecular weight is 382 g/mol. The standard InChI is InChI=1S/C12H11ClF3N5O2S/c1-23-8-3-2-6(4-7(8)13)18-9(22)5-24-11-20-19-10(21(11)17)12(14,15)16/h2-4H,5,17H2,1H3,(H,18,22). The lowest BCUT2D eigenvalue weighted by Crippen LogP contribution is -2.22. The molecule has 2 aromatic rings. The molecule has 1 heterocycles. The van der Waals surface area contributed by atoms with E-state index in [4.69, 9.17) is 22.2 Å². The number of nitrogens with zero attached hydrogens (tertiary/aromatic N) is 3. The Kier molecular flexibility index (Phi) is 5.44. The van der Waals surface area contributed by atoms with Crippen LogP contribution in [0, 0.1) is 0 Å².